The Morgan fingerprint density at radius 2 is 2.08 bits per heavy atom. The number of nitrogens with one attached hydrogen (secondary N) is 1. The molecule has 1 aliphatic carbocycles. The van der Waals surface area contributed by atoms with Crippen LogP contribution in [0.15, 0.2) is 36.5 Å². The van der Waals surface area contributed by atoms with Crippen molar-refractivity contribution >= 4 is 5.91 Å². The van der Waals surface area contributed by atoms with Crippen LogP contribution >= 0.6 is 0 Å². The molecule has 0 bridgehead atoms. The van der Waals surface area contributed by atoms with E-state index in [0.29, 0.717) is 23.5 Å². The molecule has 1 aromatic carbocycles. The summed E-state index contributed by atoms with van der Waals surface area (Å²) >= 11 is 0. The topological polar surface area (TPSA) is 58.2 Å². The van der Waals surface area contributed by atoms with Crippen molar-refractivity contribution in [1.29, 1.82) is 0 Å². The van der Waals surface area contributed by atoms with Crippen LogP contribution in [0.3, 0.4) is 0 Å². The van der Waals surface area contributed by atoms with E-state index in [4.69, 9.17) is 4.74 Å². The maximum absolute atomic E-state index is 13.1. The number of amides is 1. The van der Waals surface area contributed by atoms with Crippen molar-refractivity contribution in [2.45, 2.75) is 25.4 Å². The van der Waals surface area contributed by atoms with Gasteiger partial charge in [0.2, 0.25) is 0 Å². The highest BCUT2D eigenvalue weighted by Crippen LogP contribution is 2.38. The zero-order valence-corrected chi connectivity index (χ0v) is 13.9. The third-order valence-corrected chi connectivity index (χ3v) is 5.55. The van der Waals surface area contributed by atoms with Gasteiger partial charge in [0.05, 0.1) is 23.6 Å². The summed E-state index contributed by atoms with van der Waals surface area (Å²) in [6, 6.07) is 9.90. The second-order valence-corrected chi connectivity index (χ2v) is 6.86. The normalized spacial score (nSPS) is 26.4. The number of H-pyrrole nitrogens is 1. The van der Waals surface area contributed by atoms with E-state index < -0.39 is 0 Å². The lowest BCUT2D eigenvalue weighted by atomic mass is 9.79. The molecule has 0 radical (unpaired) electrons. The number of aromatic amines is 1. The standard InChI is InChI=1S/C19H23N3O2/c1-24-17-9-5-8-14-11-22(12-16(14)17)19(23)15-10-20-21-18(15)13-6-3-2-4-7-13/h2-4,6-7,10,14,16-17H,5,8-9,11-12H2,1H3,(H,20,21)/t14-,16+,17-/m1/s1. The number of fused-ring (bicyclic) bond motifs is 1. The molecule has 24 heavy (non-hydrogen) atoms. The number of nitrogens with zero attached hydrogens (tertiary/aromatic N) is 2. The molecule has 2 fully saturated rings. The lowest BCUT2D eigenvalue weighted by molar-refractivity contribution is 0.0126. The number of rotatable bonds is 3. The molecular weight excluding hydrogens is 302 g/mol. The van der Waals surface area contributed by atoms with Crippen LogP contribution < -0.4 is 0 Å². The molecule has 3 atom stereocenters. The molecule has 2 heterocycles. The second kappa shape index (κ2) is 6.40. The zero-order valence-electron chi connectivity index (χ0n) is 13.9. The Morgan fingerprint density at radius 3 is 2.88 bits per heavy atom. The summed E-state index contributed by atoms with van der Waals surface area (Å²) in [5, 5.41) is 7.10. The van der Waals surface area contributed by atoms with Crippen LogP contribution in [0, 0.1) is 11.8 Å². The van der Waals surface area contributed by atoms with E-state index in [9.17, 15) is 4.79 Å². The highest BCUT2D eigenvalue weighted by Gasteiger charge is 2.42. The van der Waals surface area contributed by atoms with Gasteiger partial charge in [-0.05, 0) is 18.8 Å². The number of aromatic nitrogens is 2. The van der Waals surface area contributed by atoms with E-state index in [0.717, 1.165) is 30.8 Å². The Balaban J connectivity index is 1.57. The average molecular weight is 325 g/mol. The smallest absolute Gasteiger partial charge is 0.257 e. The van der Waals surface area contributed by atoms with Gasteiger partial charge in [-0.2, -0.15) is 5.10 Å². The maximum Gasteiger partial charge on any atom is 0.257 e. The van der Waals surface area contributed by atoms with Crippen LogP contribution in [-0.4, -0.2) is 47.3 Å². The van der Waals surface area contributed by atoms with E-state index in [-0.39, 0.29) is 5.91 Å². The lowest BCUT2D eigenvalue weighted by Gasteiger charge is -2.31. The molecule has 2 aliphatic rings. The predicted octanol–water partition coefficient (Wildman–Crippen LogP) is 2.96. The van der Waals surface area contributed by atoms with Crippen molar-refractivity contribution in [2.75, 3.05) is 20.2 Å². The minimum absolute atomic E-state index is 0.0758. The molecule has 4 rings (SSSR count). The Morgan fingerprint density at radius 1 is 1.25 bits per heavy atom. The molecule has 1 N–H and O–H groups in total. The van der Waals surface area contributed by atoms with Crippen LogP contribution in [0.4, 0.5) is 0 Å². The fourth-order valence-corrected chi connectivity index (χ4v) is 4.32. The minimum Gasteiger partial charge on any atom is -0.381 e. The van der Waals surface area contributed by atoms with Gasteiger partial charge in [0.25, 0.3) is 5.91 Å². The van der Waals surface area contributed by atoms with Gasteiger partial charge in [0, 0.05) is 31.7 Å². The van der Waals surface area contributed by atoms with Crippen molar-refractivity contribution in [3.8, 4) is 11.3 Å². The monoisotopic (exact) mass is 325 g/mol. The summed E-state index contributed by atoms with van der Waals surface area (Å²) < 4.78 is 5.66. The van der Waals surface area contributed by atoms with Crippen LogP contribution in [0.2, 0.25) is 0 Å². The Labute approximate surface area is 142 Å². The zero-order chi connectivity index (χ0) is 16.5. The summed E-state index contributed by atoms with van der Waals surface area (Å²) in [7, 11) is 1.79. The van der Waals surface area contributed by atoms with Gasteiger partial charge in [-0.25, -0.2) is 0 Å². The number of ether oxygens (including phenoxy) is 1. The molecule has 0 unspecified atom stereocenters. The molecule has 5 heteroatoms. The number of hydrogen-bond donors (Lipinski definition) is 1. The third-order valence-electron chi connectivity index (χ3n) is 5.55. The number of likely N-dealkylation sites (tertiary alicyclic amines) is 1. The SMILES string of the molecule is CO[C@@H]1CCC[C@@H]2CN(C(=O)c3cn[nH]c3-c3ccccc3)C[C@@H]21. The maximum atomic E-state index is 13.1. The van der Waals surface area contributed by atoms with Crippen LogP contribution in [0.25, 0.3) is 11.3 Å². The Hall–Kier alpha value is -2.14. The highest BCUT2D eigenvalue weighted by atomic mass is 16.5. The summed E-state index contributed by atoms with van der Waals surface area (Å²) in [5.41, 5.74) is 2.46. The van der Waals surface area contributed by atoms with Crippen molar-refractivity contribution in [3.63, 3.8) is 0 Å². The minimum atomic E-state index is 0.0758. The van der Waals surface area contributed by atoms with Gasteiger partial charge in [-0.3, -0.25) is 9.89 Å². The number of methoxy groups -OCH3 is 1. The fraction of sp³-hybridized carbons (Fsp3) is 0.474. The first-order chi connectivity index (χ1) is 11.8. The predicted molar refractivity (Wildman–Crippen MR) is 91.6 cm³/mol. The van der Waals surface area contributed by atoms with Crippen molar-refractivity contribution in [2.24, 2.45) is 11.8 Å². The van der Waals surface area contributed by atoms with Gasteiger partial charge in [0.15, 0.2) is 0 Å². The molecule has 1 amide bonds. The number of hydrogen-bond acceptors (Lipinski definition) is 3. The van der Waals surface area contributed by atoms with Crippen molar-refractivity contribution in [1.82, 2.24) is 15.1 Å². The van der Waals surface area contributed by atoms with Gasteiger partial charge in [0.1, 0.15) is 0 Å². The summed E-state index contributed by atoms with van der Waals surface area (Å²) in [5.74, 6) is 1.12. The molecular formula is C19H23N3O2. The lowest BCUT2D eigenvalue weighted by Crippen LogP contribution is -2.33. The molecule has 1 aliphatic heterocycles. The molecule has 1 aromatic heterocycles. The van der Waals surface area contributed by atoms with E-state index in [1.807, 2.05) is 35.2 Å². The summed E-state index contributed by atoms with van der Waals surface area (Å²) in [4.78, 5) is 15.1. The van der Waals surface area contributed by atoms with E-state index >= 15 is 0 Å². The first kappa shape index (κ1) is 15.4. The quantitative estimate of drug-likeness (QED) is 0.944. The first-order valence-electron chi connectivity index (χ1n) is 8.68. The van der Waals surface area contributed by atoms with E-state index in [2.05, 4.69) is 10.2 Å². The fourth-order valence-electron chi connectivity index (χ4n) is 4.32. The van der Waals surface area contributed by atoms with Gasteiger partial charge in [-0.1, -0.05) is 36.8 Å². The first-order valence-corrected chi connectivity index (χ1v) is 8.68. The van der Waals surface area contributed by atoms with Crippen LogP contribution in [-0.2, 0) is 4.74 Å². The van der Waals surface area contributed by atoms with Crippen molar-refractivity contribution < 1.29 is 9.53 Å². The molecule has 1 saturated carbocycles. The Kier molecular flexibility index (Phi) is 4.10. The summed E-state index contributed by atoms with van der Waals surface area (Å²) in [6.07, 6.45) is 5.45. The average Bonchev–Trinajstić information content (AvgIpc) is 3.28. The van der Waals surface area contributed by atoms with Gasteiger partial charge < -0.3 is 9.64 Å². The Bertz CT molecular complexity index is 712. The number of carbonyl (C=O) groups is 1. The summed E-state index contributed by atoms with van der Waals surface area (Å²) in [6.45, 7) is 1.63. The molecule has 1 saturated heterocycles. The molecule has 126 valence electrons. The van der Waals surface area contributed by atoms with Gasteiger partial charge in [-0.15, -0.1) is 0 Å². The molecule has 0 spiro atoms. The van der Waals surface area contributed by atoms with Gasteiger partial charge >= 0.3 is 0 Å². The third kappa shape index (κ3) is 2.63. The van der Waals surface area contributed by atoms with Crippen LogP contribution in [0.1, 0.15) is 29.6 Å². The molecule has 2 aromatic rings. The molecule has 5 nitrogen and oxygen atoms in total. The highest BCUT2D eigenvalue weighted by molar-refractivity contribution is 5.99. The number of carbonyl (C=O) groups excluding carboxylic acids is 1. The largest absolute Gasteiger partial charge is 0.381 e. The van der Waals surface area contributed by atoms with E-state index in [1.54, 1.807) is 13.3 Å². The van der Waals surface area contributed by atoms with Crippen LogP contribution in [0.5, 0.6) is 0 Å². The van der Waals surface area contributed by atoms with Crippen molar-refractivity contribution in [3.05, 3.63) is 42.1 Å². The second-order valence-electron chi connectivity index (χ2n) is 6.86. The number of benzene rings is 1. The van der Waals surface area contributed by atoms with E-state index in [1.165, 1.54) is 12.8 Å².